The lowest BCUT2D eigenvalue weighted by Crippen LogP contribution is -2.39. The van der Waals surface area contributed by atoms with Gasteiger partial charge in [-0.3, -0.25) is 4.79 Å². The lowest BCUT2D eigenvalue weighted by Gasteiger charge is -2.21. The van der Waals surface area contributed by atoms with E-state index in [4.69, 9.17) is 5.73 Å². The molecule has 5 heteroatoms. The first-order valence-corrected chi connectivity index (χ1v) is 8.46. The standard InChI is InChI=1S/C18H27N3O2/c1-13-7-6-8-14(11-13)16(21-18(19)23)12-17(22)20-15-9-4-2-3-5-10-15/h6-8,11,15-16H,2-5,9-10,12H2,1H3,(H,20,22)(H3,19,21,23)/t16-/m0/s1. The summed E-state index contributed by atoms with van der Waals surface area (Å²) in [5.41, 5.74) is 7.26. The van der Waals surface area contributed by atoms with Crippen LogP contribution >= 0.6 is 0 Å². The highest BCUT2D eigenvalue weighted by Gasteiger charge is 2.20. The molecule has 0 aromatic heterocycles. The zero-order valence-corrected chi connectivity index (χ0v) is 13.8. The number of hydrogen-bond donors (Lipinski definition) is 3. The smallest absolute Gasteiger partial charge is 0.312 e. The van der Waals surface area contributed by atoms with Crippen molar-refractivity contribution in [2.75, 3.05) is 0 Å². The summed E-state index contributed by atoms with van der Waals surface area (Å²) in [6.45, 7) is 1.98. The lowest BCUT2D eigenvalue weighted by atomic mass is 10.0. The molecule has 126 valence electrons. The number of carbonyl (C=O) groups is 2. The van der Waals surface area contributed by atoms with E-state index in [0.29, 0.717) is 0 Å². The molecule has 0 aliphatic heterocycles. The summed E-state index contributed by atoms with van der Waals surface area (Å²) in [4.78, 5) is 23.6. The molecule has 0 heterocycles. The van der Waals surface area contributed by atoms with Crippen LogP contribution in [-0.2, 0) is 4.79 Å². The maximum Gasteiger partial charge on any atom is 0.312 e. The Morgan fingerprint density at radius 2 is 1.91 bits per heavy atom. The predicted octanol–water partition coefficient (Wildman–Crippen LogP) is 2.93. The van der Waals surface area contributed by atoms with Crippen LogP contribution in [0.25, 0.3) is 0 Å². The molecule has 1 aromatic carbocycles. The fraction of sp³-hybridized carbons (Fsp3) is 0.556. The summed E-state index contributed by atoms with van der Waals surface area (Å²) >= 11 is 0. The van der Waals surface area contributed by atoms with Gasteiger partial charge in [0.25, 0.3) is 0 Å². The van der Waals surface area contributed by atoms with Crippen molar-refractivity contribution in [1.29, 1.82) is 0 Å². The summed E-state index contributed by atoms with van der Waals surface area (Å²) in [7, 11) is 0. The van der Waals surface area contributed by atoms with Gasteiger partial charge in [-0.15, -0.1) is 0 Å². The third kappa shape index (κ3) is 5.93. The maximum atomic E-state index is 12.4. The zero-order chi connectivity index (χ0) is 16.7. The molecule has 0 spiro atoms. The first-order valence-electron chi connectivity index (χ1n) is 8.46. The number of rotatable bonds is 5. The van der Waals surface area contributed by atoms with Crippen LogP contribution in [0.15, 0.2) is 24.3 Å². The maximum absolute atomic E-state index is 12.4. The van der Waals surface area contributed by atoms with E-state index in [9.17, 15) is 9.59 Å². The van der Waals surface area contributed by atoms with Gasteiger partial charge in [0.15, 0.2) is 0 Å². The van der Waals surface area contributed by atoms with Gasteiger partial charge in [0, 0.05) is 6.04 Å². The third-order valence-electron chi connectivity index (χ3n) is 4.37. The van der Waals surface area contributed by atoms with Gasteiger partial charge in [0.05, 0.1) is 12.5 Å². The summed E-state index contributed by atoms with van der Waals surface area (Å²) in [5.74, 6) is -0.0304. The van der Waals surface area contributed by atoms with Crippen LogP contribution < -0.4 is 16.4 Å². The molecule has 2 rings (SSSR count). The normalized spacial score (nSPS) is 17.1. The van der Waals surface area contributed by atoms with Crippen LogP contribution in [0.3, 0.4) is 0 Å². The molecule has 0 bridgehead atoms. The van der Waals surface area contributed by atoms with Crippen molar-refractivity contribution in [3.63, 3.8) is 0 Å². The molecule has 1 aromatic rings. The van der Waals surface area contributed by atoms with E-state index in [1.165, 1.54) is 25.7 Å². The number of nitrogens with two attached hydrogens (primary N) is 1. The van der Waals surface area contributed by atoms with Gasteiger partial charge in [-0.05, 0) is 25.3 Å². The number of benzene rings is 1. The minimum atomic E-state index is -0.612. The zero-order valence-electron chi connectivity index (χ0n) is 13.8. The molecule has 1 fully saturated rings. The largest absolute Gasteiger partial charge is 0.353 e. The Bertz CT molecular complexity index is 537. The fourth-order valence-electron chi connectivity index (χ4n) is 3.21. The van der Waals surface area contributed by atoms with Gasteiger partial charge in [-0.1, -0.05) is 55.5 Å². The van der Waals surface area contributed by atoms with Crippen LogP contribution in [0, 0.1) is 6.92 Å². The Balaban J connectivity index is 1.99. The fourth-order valence-corrected chi connectivity index (χ4v) is 3.21. The number of primary amides is 1. The van der Waals surface area contributed by atoms with Crippen molar-refractivity contribution in [2.24, 2.45) is 5.73 Å². The Morgan fingerprint density at radius 3 is 2.52 bits per heavy atom. The van der Waals surface area contributed by atoms with Gasteiger partial charge in [-0.2, -0.15) is 0 Å². The van der Waals surface area contributed by atoms with E-state index in [2.05, 4.69) is 10.6 Å². The molecule has 0 saturated heterocycles. The lowest BCUT2D eigenvalue weighted by molar-refractivity contribution is -0.122. The molecular weight excluding hydrogens is 290 g/mol. The molecule has 1 aliphatic rings. The van der Waals surface area contributed by atoms with Crippen molar-refractivity contribution in [3.8, 4) is 0 Å². The molecule has 23 heavy (non-hydrogen) atoms. The molecule has 1 saturated carbocycles. The molecular formula is C18H27N3O2. The van der Waals surface area contributed by atoms with Gasteiger partial charge in [0.2, 0.25) is 5.91 Å². The van der Waals surface area contributed by atoms with Crippen LogP contribution in [0.1, 0.15) is 62.1 Å². The van der Waals surface area contributed by atoms with E-state index in [0.717, 1.165) is 24.0 Å². The Morgan fingerprint density at radius 1 is 1.22 bits per heavy atom. The van der Waals surface area contributed by atoms with Crippen molar-refractivity contribution in [2.45, 2.75) is 64.0 Å². The van der Waals surface area contributed by atoms with E-state index in [-0.39, 0.29) is 18.4 Å². The van der Waals surface area contributed by atoms with Crippen LogP contribution in [0.2, 0.25) is 0 Å². The van der Waals surface area contributed by atoms with E-state index >= 15 is 0 Å². The number of carbonyl (C=O) groups excluding carboxylic acids is 2. The minimum Gasteiger partial charge on any atom is -0.353 e. The SMILES string of the molecule is Cc1cccc([C@H](CC(=O)NC2CCCCCC2)NC(N)=O)c1. The summed E-state index contributed by atoms with van der Waals surface area (Å²) in [6, 6.07) is 7.04. The van der Waals surface area contributed by atoms with Crippen molar-refractivity contribution < 1.29 is 9.59 Å². The first-order chi connectivity index (χ1) is 11.0. The van der Waals surface area contributed by atoms with Gasteiger partial charge in [-0.25, -0.2) is 4.79 Å². The molecule has 1 aliphatic carbocycles. The number of urea groups is 1. The first kappa shape index (κ1) is 17.3. The summed E-state index contributed by atoms with van der Waals surface area (Å²) in [5, 5.41) is 5.80. The second-order valence-corrected chi connectivity index (χ2v) is 6.44. The molecule has 4 N–H and O–H groups in total. The molecule has 1 atom stereocenters. The Hall–Kier alpha value is -2.04. The highest BCUT2D eigenvalue weighted by molar-refractivity contribution is 5.79. The molecule has 0 unspecified atom stereocenters. The topological polar surface area (TPSA) is 84.2 Å². The van der Waals surface area contributed by atoms with Gasteiger partial charge < -0.3 is 16.4 Å². The monoisotopic (exact) mass is 317 g/mol. The Labute approximate surface area is 138 Å². The van der Waals surface area contributed by atoms with Crippen molar-refractivity contribution >= 4 is 11.9 Å². The molecule has 3 amide bonds. The second-order valence-electron chi connectivity index (χ2n) is 6.44. The van der Waals surface area contributed by atoms with Crippen molar-refractivity contribution in [3.05, 3.63) is 35.4 Å². The number of aryl methyl sites for hydroxylation is 1. The molecule has 0 radical (unpaired) electrons. The highest BCUT2D eigenvalue weighted by atomic mass is 16.2. The quantitative estimate of drug-likeness (QED) is 0.729. The van der Waals surface area contributed by atoms with Gasteiger partial charge >= 0.3 is 6.03 Å². The van der Waals surface area contributed by atoms with E-state index in [1.54, 1.807) is 0 Å². The number of hydrogen-bond acceptors (Lipinski definition) is 2. The number of nitrogens with one attached hydrogen (secondary N) is 2. The number of amides is 3. The average Bonchev–Trinajstić information content (AvgIpc) is 2.74. The van der Waals surface area contributed by atoms with Crippen LogP contribution in [0.4, 0.5) is 4.79 Å². The predicted molar refractivity (Wildman–Crippen MR) is 90.9 cm³/mol. The summed E-state index contributed by atoms with van der Waals surface area (Å²) in [6.07, 6.45) is 7.15. The van der Waals surface area contributed by atoms with E-state index in [1.807, 2.05) is 31.2 Å². The second kappa shape index (κ2) is 8.56. The summed E-state index contributed by atoms with van der Waals surface area (Å²) < 4.78 is 0. The highest BCUT2D eigenvalue weighted by Crippen LogP contribution is 2.20. The minimum absolute atomic E-state index is 0.0304. The van der Waals surface area contributed by atoms with Crippen LogP contribution in [0.5, 0.6) is 0 Å². The Kier molecular flexibility index (Phi) is 6.44. The van der Waals surface area contributed by atoms with Crippen LogP contribution in [-0.4, -0.2) is 18.0 Å². The average molecular weight is 317 g/mol. The van der Waals surface area contributed by atoms with E-state index < -0.39 is 12.1 Å². The third-order valence-corrected chi connectivity index (χ3v) is 4.37. The van der Waals surface area contributed by atoms with Gasteiger partial charge in [0.1, 0.15) is 0 Å². The molecule has 5 nitrogen and oxygen atoms in total. The van der Waals surface area contributed by atoms with Crippen molar-refractivity contribution in [1.82, 2.24) is 10.6 Å².